The summed E-state index contributed by atoms with van der Waals surface area (Å²) in [4.78, 5) is 2.46. The van der Waals surface area contributed by atoms with E-state index in [1.807, 2.05) is 0 Å². The van der Waals surface area contributed by atoms with E-state index in [0.717, 1.165) is 22.7 Å². The number of hydrogen-bond donors (Lipinski definition) is 0. The van der Waals surface area contributed by atoms with Crippen LogP contribution in [0.1, 0.15) is 0 Å². The quantitative estimate of drug-likeness (QED) is 0.0798. The van der Waals surface area contributed by atoms with E-state index in [0.29, 0.717) is 0 Å². The van der Waals surface area contributed by atoms with Crippen LogP contribution in [0.4, 0.5) is 17.1 Å². The van der Waals surface area contributed by atoms with E-state index in [1.54, 1.807) is 0 Å². The molecule has 0 unspecified atom stereocenters. The van der Waals surface area contributed by atoms with Gasteiger partial charge >= 0.3 is 0 Å². The van der Waals surface area contributed by atoms with Gasteiger partial charge in [0.1, 0.15) is 0 Å². The fraction of sp³-hybridized carbons (Fsp3) is 0. The number of rotatable bonds is 9. The molecule has 0 fully saturated rings. The van der Waals surface area contributed by atoms with Crippen molar-refractivity contribution < 1.29 is 0 Å². The molecule has 3 heteroatoms. The summed E-state index contributed by atoms with van der Waals surface area (Å²) < 4.78 is 2.40. The molecule has 0 saturated heterocycles. The highest BCUT2D eigenvalue weighted by molar-refractivity contribution is 7.19. The number of benzene rings is 11. The molecule has 1 aromatic heterocycles. The Kier molecular flexibility index (Phi) is 9.55. The SMILES string of the molecule is c1ccc(-n2c3ccccc3c3c(N(c4ccc(-c5ccc6ccc7ccccc7c6c5)cc4)c4ccc([Si](c5ccccc5)(c5ccccc5)c5ccccc5)cc4)cccc32)cc1. The highest BCUT2D eigenvalue weighted by atomic mass is 28.3. The van der Waals surface area contributed by atoms with Crippen LogP contribution in [-0.4, -0.2) is 12.6 Å². The van der Waals surface area contributed by atoms with Crippen molar-refractivity contribution >= 4 is 89.2 Å². The monoisotopic (exact) mass is 844 g/mol. The van der Waals surface area contributed by atoms with E-state index in [9.17, 15) is 0 Å². The molecule has 0 atom stereocenters. The predicted molar refractivity (Wildman–Crippen MR) is 280 cm³/mol. The second kappa shape index (κ2) is 16.1. The minimum atomic E-state index is -2.73. The number of fused-ring (bicyclic) bond motifs is 6. The van der Waals surface area contributed by atoms with Crippen LogP contribution in [0.5, 0.6) is 0 Å². The number of hydrogen-bond acceptors (Lipinski definition) is 1. The summed E-state index contributed by atoms with van der Waals surface area (Å²) in [5.74, 6) is 0. The molecule has 2 nitrogen and oxygen atoms in total. The zero-order chi connectivity index (χ0) is 43.2. The molecule has 11 aromatic carbocycles. The van der Waals surface area contributed by atoms with Crippen molar-refractivity contribution in [2.24, 2.45) is 0 Å². The highest BCUT2D eigenvalue weighted by Crippen LogP contribution is 2.44. The first-order valence-corrected chi connectivity index (χ1v) is 24.4. The number of aromatic nitrogens is 1. The third kappa shape index (κ3) is 6.47. The Morgan fingerprint density at radius 2 is 0.769 bits per heavy atom. The summed E-state index contributed by atoms with van der Waals surface area (Å²) in [6, 6.07) is 98.5. The van der Waals surface area contributed by atoms with Crippen molar-refractivity contribution in [2.75, 3.05) is 4.90 Å². The van der Waals surface area contributed by atoms with Crippen LogP contribution in [0.2, 0.25) is 0 Å². The summed E-state index contributed by atoms with van der Waals surface area (Å²) in [5, 5.41) is 12.9. The first kappa shape index (κ1) is 38.4. The van der Waals surface area contributed by atoms with Gasteiger partial charge in [-0.05, 0) is 114 Å². The average Bonchev–Trinajstić information content (AvgIpc) is 3.73. The molecule has 12 aromatic rings. The van der Waals surface area contributed by atoms with Crippen LogP contribution >= 0.6 is 0 Å². The lowest BCUT2D eigenvalue weighted by atomic mass is 9.97. The zero-order valence-electron chi connectivity index (χ0n) is 35.8. The summed E-state index contributed by atoms with van der Waals surface area (Å²) in [5.41, 5.74) is 9.19. The molecule has 0 saturated carbocycles. The van der Waals surface area contributed by atoms with Crippen LogP contribution < -0.4 is 25.6 Å². The van der Waals surface area contributed by atoms with E-state index in [-0.39, 0.29) is 0 Å². The lowest BCUT2D eigenvalue weighted by Gasteiger charge is -2.35. The molecule has 0 amide bonds. The Morgan fingerprint density at radius 1 is 0.308 bits per heavy atom. The molecule has 65 heavy (non-hydrogen) atoms. The van der Waals surface area contributed by atoms with Gasteiger partial charge in [-0.2, -0.15) is 0 Å². The Labute approximate surface area is 380 Å². The Hall–Kier alpha value is -8.24. The smallest absolute Gasteiger partial charge is 0.179 e. The van der Waals surface area contributed by atoms with E-state index in [4.69, 9.17) is 0 Å². The Balaban J connectivity index is 1.06. The van der Waals surface area contributed by atoms with E-state index in [1.165, 1.54) is 75.2 Å². The van der Waals surface area contributed by atoms with Crippen molar-refractivity contribution in [3.05, 3.63) is 267 Å². The predicted octanol–water partition coefficient (Wildman–Crippen LogP) is 13.6. The van der Waals surface area contributed by atoms with E-state index in [2.05, 4.69) is 276 Å². The average molecular weight is 845 g/mol. The van der Waals surface area contributed by atoms with Gasteiger partial charge < -0.3 is 9.47 Å². The van der Waals surface area contributed by atoms with Crippen molar-refractivity contribution in [1.82, 2.24) is 4.57 Å². The van der Waals surface area contributed by atoms with Crippen molar-refractivity contribution in [2.45, 2.75) is 0 Å². The fourth-order valence-corrected chi connectivity index (χ4v) is 15.1. The standard InChI is InChI=1S/C62H44N2Si/c1-5-19-49(20-6-1)64-59-29-16-15-28-57(59)62-60(30-17-31-61(62)64)63(50-38-36-45(37-39-50)48-35-34-47-33-32-46-18-13-14-27-56(46)58(47)44-48)51-40-42-55(43-41-51)65(52-21-7-2-8-22-52,53-23-9-3-10-24-53)54-25-11-4-12-26-54/h1-44H. The summed E-state index contributed by atoms with van der Waals surface area (Å²) in [7, 11) is -2.73. The normalized spacial score (nSPS) is 11.7. The molecule has 0 bridgehead atoms. The van der Waals surface area contributed by atoms with Gasteiger partial charge in [0.15, 0.2) is 8.07 Å². The van der Waals surface area contributed by atoms with Crippen molar-refractivity contribution in [1.29, 1.82) is 0 Å². The van der Waals surface area contributed by atoms with Gasteiger partial charge in [0, 0.05) is 27.8 Å². The number of para-hydroxylation sites is 2. The maximum Gasteiger partial charge on any atom is 0.179 e. The van der Waals surface area contributed by atoms with Crippen LogP contribution in [0.25, 0.3) is 60.2 Å². The molecule has 0 aliphatic rings. The molecule has 0 aliphatic heterocycles. The molecule has 0 N–H and O–H groups in total. The van der Waals surface area contributed by atoms with Crippen LogP contribution in [0.15, 0.2) is 267 Å². The third-order valence-corrected chi connectivity index (χ3v) is 18.1. The fourth-order valence-electron chi connectivity index (χ4n) is 10.4. The van der Waals surface area contributed by atoms with Gasteiger partial charge in [-0.25, -0.2) is 0 Å². The van der Waals surface area contributed by atoms with Gasteiger partial charge in [0.05, 0.1) is 16.7 Å². The summed E-state index contributed by atoms with van der Waals surface area (Å²) >= 11 is 0. The first-order chi connectivity index (χ1) is 32.3. The van der Waals surface area contributed by atoms with E-state index < -0.39 is 8.07 Å². The van der Waals surface area contributed by atoms with Crippen LogP contribution in [0.3, 0.4) is 0 Å². The molecule has 306 valence electrons. The minimum absolute atomic E-state index is 1.09. The summed E-state index contributed by atoms with van der Waals surface area (Å²) in [6.45, 7) is 0. The molecular weight excluding hydrogens is 801 g/mol. The Bertz CT molecular complexity index is 3530. The highest BCUT2D eigenvalue weighted by Gasteiger charge is 2.41. The molecular formula is C62H44N2Si. The first-order valence-electron chi connectivity index (χ1n) is 22.4. The second-order valence-electron chi connectivity index (χ2n) is 16.9. The van der Waals surface area contributed by atoms with Gasteiger partial charge in [0.25, 0.3) is 0 Å². The zero-order valence-corrected chi connectivity index (χ0v) is 36.8. The maximum atomic E-state index is 2.46. The van der Waals surface area contributed by atoms with Gasteiger partial charge in [-0.3, -0.25) is 0 Å². The minimum Gasteiger partial charge on any atom is -0.310 e. The van der Waals surface area contributed by atoms with Gasteiger partial charge in [-0.15, -0.1) is 0 Å². The molecule has 1 heterocycles. The van der Waals surface area contributed by atoms with Crippen molar-refractivity contribution in [3.8, 4) is 16.8 Å². The number of nitrogens with zero attached hydrogens (tertiary/aromatic N) is 2. The molecule has 0 radical (unpaired) electrons. The second-order valence-corrected chi connectivity index (χ2v) is 20.7. The maximum absolute atomic E-state index is 2.73. The van der Waals surface area contributed by atoms with Crippen LogP contribution in [0, 0.1) is 0 Å². The molecule has 0 spiro atoms. The molecule has 12 rings (SSSR count). The van der Waals surface area contributed by atoms with E-state index >= 15 is 0 Å². The van der Waals surface area contributed by atoms with Gasteiger partial charge in [-0.1, -0.05) is 206 Å². The lowest BCUT2D eigenvalue weighted by Crippen LogP contribution is -2.74. The Morgan fingerprint density at radius 3 is 1.40 bits per heavy atom. The van der Waals surface area contributed by atoms with Gasteiger partial charge in [0.2, 0.25) is 0 Å². The summed E-state index contributed by atoms with van der Waals surface area (Å²) in [6.07, 6.45) is 0. The van der Waals surface area contributed by atoms with Crippen LogP contribution in [-0.2, 0) is 0 Å². The van der Waals surface area contributed by atoms with Crippen molar-refractivity contribution in [3.63, 3.8) is 0 Å². The molecule has 0 aliphatic carbocycles. The largest absolute Gasteiger partial charge is 0.310 e. The topological polar surface area (TPSA) is 8.17 Å². The lowest BCUT2D eigenvalue weighted by molar-refractivity contribution is 1.18. The number of anilines is 3. The third-order valence-electron chi connectivity index (χ3n) is 13.3.